The number of rotatable bonds is 5. The van der Waals surface area contributed by atoms with Crippen molar-refractivity contribution in [3.8, 4) is 6.07 Å². The molecule has 9 heteroatoms. The molecule has 28 heavy (non-hydrogen) atoms. The molecule has 0 radical (unpaired) electrons. The van der Waals surface area contributed by atoms with Crippen LogP contribution in [-0.4, -0.2) is 56.3 Å². The Kier molecular flexibility index (Phi) is 6.15. The molecule has 1 aromatic heterocycles. The van der Waals surface area contributed by atoms with Crippen molar-refractivity contribution in [2.45, 2.75) is 18.7 Å². The van der Waals surface area contributed by atoms with Gasteiger partial charge in [0.05, 0.1) is 17.0 Å². The maximum Gasteiger partial charge on any atom is 0.243 e. The Morgan fingerprint density at radius 1 is 1.21 bits per heavy atom. The fraction of sp³-hybridized carbons (Fsp3) is 0.368. The molecule has 0 spiro atoms. The Hall–Kier alpha value is -2.25. The summed E-state index contributed by atoms with van der Waals surface area (Å²) in [7, 11) is -3.54. The normalized spacial score (nSPS) is 15.9. The second kappa shape index (κ2) is 8.41. The van der Waals surface area contributed by atoms with E-state index in [1.807, 2.05) is 24.0 Å². The second-order valence-electron chi connectivity index (χ2n) is 6.77. The van der Waals surface area contributed by atoms with Crippen LogP contribution in [0.1, 0.15) is 16.7 Å². The Morgan fingerprint density at radius 2 is 1.93 bits per heavy atom. The van der Waals surface area contributed by atoms with E-state index in [0.717, 1.165) is 11.1 Å². The van der Waals surface area contributed by atoms with Crippen LogP contribution in [0.25, 0.3) is 0 Å². The third-order valence-electron chi connectivity index (χ3n) is 4.69. The Labute approximate surface area is 169 Å². The van der Waals surface area contributed by atoms with Gasteiger partial charge in [-0.25, -0.2) is 8.42 Å². The van der Waals surface area contributed by atoms with Crippen LogP contribution in [0.4, 0.5) is 5.00 Å². The van der Waals surface area contributed by atoms with Crippen LogP contribution >= 0.6 is 11.3 Å². The summed E-state index contributed by atoms with van der Waals surface area (Å²) in [6.45, 7) is 5.54. The highest BCUT2D eigenvalue weighted by atomic mass is 32.2. The molecular formula is C19H22N4O3S2. The SMILES string of the molecule is Cc1ccc(S(=O)(=O)N2CCN(CC(=O)Nc3sccc3C#N)CC2)c(C)c1. The average molecular weight is 419 g/mol. The highest BCUT2D eigenvalue weighted by Crippen LogP contribution is 2.23. The van der Waals surface area contributed by atoms with Crippen molar-refractivity contribution in [1.82, 2.24) is 9.21 Å². The Morgan fingerprint density at radius 3 is 2.57 bits per heavy atom. The largest absolute Gasteiger partial charge is 0.315 e. The predicted molar refractivity (Wildman–Crippen MR) is 109 cm³/mol. The number of nitrogens with one attached hydrogen (secondary N) is 1. The minimum absolute atomic E-state index is 0.167. The summed E-state index contributed by atoms with van der Waals surface area (Å²) in [6, 6.07) is 9.04. The minimum atomic E-state index is -3.54. The number of nitrogens with zero attached hydrogens (tertiary/aromatic N) is 3. The van der Waals surface area contributed by atoms with Gasteiger partial charge in [-0.05, 0) is 36.9 Å². The Balaban J connectivity index is 1.58. The van der Waals surface area contributed by atoms with E-state index in [9.17, 15) is 13.2 Å². The predicted octanol–water partition coefficient (Wildman–Crippen LogP) is 2.18. The summed E-state index contributed by atoms with van der Waals surface area (Å²) in [5, 5.41) is 14.1. The zero-order chi connectivity index (χ0) is 20.3. The number of amides is 1. The first kappa shape index (κ1) is 20.5. The van der Waals surface area contributed by atoms with Crippen LogP contribution in [0.3, 0.4) is 0 Å². The van der Waals surface area contributed by atoms with Crippen LogP contribution in [0.15, 0.2) is 34.5 Å². The van der Waals surface area contributed by atoms with Crippen molar-refractivity contribution in [2.24, 2.45) is 0 Å². The van der Waals surface area contributed by atoms with Crippen molar-refractivity contribution in [1.29, 1.82) is 5.26 Å². The fourth-order valence-electron chi connectivity index (χ4n) is 3.22. The first-order chi connectivity index (χ1) is 13.3. The lowest BCUT2D eigenvalue weighted by Crippen LogP contribution is -2.50. The van der Waals surface area contributed by atoms with Crippen LogP contribution in [0.2, 0.25) is 0 Å². The van der Waals surface area contributed by atoms with E-state index in [2.05, 4.69) is 5.32 Å². The quantitative estimate of drug-likeness (QED) is 0.803. The number of benzene rings is 1. The monoisotopic (exact) mass is 418 g/mol. The van der Waals surface area contributed by atoms with Gasteiger partial charge in [-0.15, -0.1) is 11.3 Å². The van der Waals surface area contributed by atoms with Gasteiger partial charge in [0.25, 0.3) is 0 Å². The molecule has 3 rings (SSSR count). The van der Waals surface area contributed by atoms with Gasteiger partial charge in [-0.1, -0.05) is 17.7 Å². The summed E-state index contributed by atoms with van der Waals surface area (Å²) < 4.78 is 27.3. The van der Waals surface area contributed by atoms with E-state index in [1.54, 1.807) is 30.5 Å². The molecule has 7 nitrogen and oxygen atoms in total. The number of anilines is 1. The van der Waals surface area contributed by atoms with Crippen molar-refractivity contribution in [3.63, 3.8) is 0 Å². The van der Waals surface area contributed by atoms with Crippen molar-refractivity contribution in [2.75, 3.05) is 38.0 Å². The van der Waals surface area contributed by atoms with E-state index in [-0.39, 0.29) is 12.5 Å². The van der Waals surface area contributed by atoms with Gasteiger partial charge in [0, 0.05) is 26.2 Å². The second-order valence-corrected chi connectivity index (χ2v) is 9.60. The van der Waals surface area contributed by atoms with Gasteiger partial charge in [0.2, 0.25) is 15.9 Å². The molecule has 1 aliphatic rings. The third kappa shape index (κ3) is 4.42. The molecular weight excluding hydrogens is 396 g/mol. The zero-order valence-corrected chi connectivity index (χ0v) is 17.4. The fourth-order valence-corrected chi connectivity index (χ4v) is 5.60. The maximum atomic E-state index is 12.9. The van der Waals surface area contributed by atoms with Crippen molar-refractivity contribution >= 4 is 32.3 Å². The smallest absolute Gasteiger partial charge is 0.243 e. The van der Waals surface area contributed by atoms with Gasteiger partial charge < -0.3 is 5.32 Å². The van der Waals surface area contributed by atoms with Crippen LogP contribution in [0.5, 0.6) is 0 Å². The summed E-state index contributed by atoms with van der Waals surface area (Å²) in [5.74, 6) is -0.204. The van der Waals surface area contributed by atoms with E-state index in [1.165, 1.54) is 15.6 Å². The number of hydrogen-bond donors (Lipinski definition) is 1. The molecule has 1 aliphatic heterocycles. The molecule has 2 heterocycles. The molecule has 0 saturated carbocycles. The number of carbonyl (C=O) groups is 1. The first-order valence-corrected chi connectivity index (χ1v) is 11.2. The van der Waals surface area contributed by atoms with Gasteiger partial charge in [0.1, 0.15) is 11.1 Å². The van der Waals surface area contributed by atoms with E-state index in [0.29, 0.717) is 41.6 Å². The third-order valence-corrected chi connectivity index (χ3v) is 7.57. The lowest BCUT2D eigenvalue weighted by atomic mass is 10.2. The highest BCUT2D eigenvalue weighted by Gasteiger charge is 2.30. The van der Waals surface area contributed by atoms with Crippen LogP contribution < -0.4 is 5.32 Å². The van der Waals surface area contributed by atoms with Gasteiger partial charge in [-0.2, -0.15) is 9.57 Å². The van der Waals surface area contributed by atoms with Gasteiger partial charge in [0.15, 0.2) is 0 Å². The molecule has 1 aromatic carbocycles. The molecule has 148 valence electrons. The molecule has 1 N–H and O–H groups in total. The number of sulfonamides is 1. The number of piperazine rings is 1. The molecule has 0 unspecified atom stereocenters. The average Bonchev–Trinajstić information content (AvgIpc) is 3.08. The minimum Gasteiger partial charge on any atom is -0.315 e. The highest BCUT2D eigenvalue weighted by molar-refractivity contribution is 7.89. The standard InChI is InChI=1S/C19H22N4O3S2/c1-14-3-4-17(15(2)11-14)28(25,26)23-8-6-22(7-9-23)13-18(24)21-19-16(12-20)5-10-27-19/h3-5,10-11H,6-9,13H2,1-2H3,(H,21,24). The molecule has 0 atom stereocenters. The molecule has 0 bridgehead atoms. The van der Waals surface area contributed by atoms with Crippen LogP contribution in [-0.2, 0) is 14.8 Å². The number of hydrogen-bond acceptors (Lipinski definition) is 6. The van der Waals surface area contributed by atoms with Crippen LogP contribution in [0, 0.1) is 25.2 Å². The topological polar surface area (TPSA) is 93.5 Å². The lowest BCUT2D eigenvalue weighted by Gasteiger charge is -2.33. The summed E-state index contributed by atoms with van der Waals surface area (Å²) in [6.07, 6.45) is 0. The van der Waals surface area contributed by atoms with E-state index < -0.39 is 10.0 Å². The van der Waals surface area contributed by atoms with Crippen molar-refractivity contribution in [3.05, 3.63) is 46.3 Å². The van der Waals surface area contributed by atoms with E-state index >= 15 is 0 Å². The number of carbonyl (C=O) groups excluding carboxylic acids is 1. The maximum absolute atomic E-state index is 12.9. The number of aryl methyl sites for hydroxylation is 2. The summed E-state index contributed by atoms with van der Waals surface area (Å²) in [4.78, 5) is 14.5. The molecule has 0 aliphatic carbocycles. The number of nitriles is 1. The number of thiophene rings is 1. The molecule has 1 amide bonds. The summed E-state index contributed by atoms with van der Waals surface area (Å²) in [5.41, 5.74) is 2.21. The molecule has 1 saturated heterocycles. The first-order valence-electron chi connectivity index (χ1n) is 8.88. The molecule has 2 aromatic rings. The van der Waals surface area contributed by atoms with Gasteiger partial charge in [-0.3, -0.25) is 9.69 Å². The Bertz CT molecular complexity index is 1020. The van der Waals surface area contributed by atoms with E-state index in [4.69, 9.17) is 5.26 Å². The summed E-state index contributed by atoms with van der Waals surface area (Å²) >= 11 is 1.31. The zero-order valence-electron chi connectivity index (χ0n) is 15.8. The lowest BCUT2D eigenvalue weighted by molar-refractivity contribution is -0.117. The van der Waals surface area contributed by atoms with Gasteiger partial charge >= 0.3 is 0 Å². The molecule has 1 fully saturated rings. The van der Waals surface area contributed by atoms with Crippen molar-refractivity contribution < 1.29 is 13.2 Å².